The van der Waals surface area contributed by atoms with Gasteiger partial charge in [-0.1, -0.05) is 30.3 Å². The Labute approximate surface area is 109 Å². The van der Waals surface area contributed by atoms with Crippen LogP contribution in [-0.2, 0) is 16.1 Å². The number of hydrogen-bond donors (Lipinski definition) is 1. The van der Waals surface area contributed by atoms with E-state index in [9.17, 15) is 4.79 Å². The highest BCUT2D eigenvalue weighted by atomic mass is 16.5. The van der Waals surface area contributed by atoms with Gasteiger partial charge in [-0.2, -0.15) is 0 Å². The molecule has 100 valence electrons. The molecule has 0 unspecified atom stereocenters. The molecule has 2 N–H and O–H groups in total. The fourth-order valence-electron chi connectivity index (χ4n) is 1.71. The lowest BCUT2D eigenvalue weighted by Gasteiger charge is -2.22. The van der Waals surface area contributed by atoms with E-state index in [4.69, 9.17) is 10.5 Å². The van der Waals surface area contributed by atoms with Crippen LogP contribution in [0.25, 0.3) is 0 Å². The van der Waals surface area contributed by atoms with Crippen LogP contribution in [0, 0.1) is 0 Å². The van der Waals surface area contributed by atoms with Crippen LogP contribution in [0.3, 0.4) is 0 Å². The fourth-order valence-corrected chi connectivity index (χ4v) is 1.71. The second-order valence-corrected chi connectivity index (χ2v) is 4.04. The van der Waals surface area contributed by atoms with Crippen LogP contribution < -0.4 is 5.73 Å². The molecule has 0 aliphatic carbocycles. The second-order valence-electron chi connectivity index (χ2n) is 4.04. The summed E-state index contributed by atoms with van der Waals surface area (Å²) < 4.78 is 5.20. The Morgan fingerprint density at radius 3 is 2.67 bits per heavy atom. The molecule has 4 nitrogen and oxygen atoms in total. The number of rotatable bonds is 8. The van der Waals surface area contributed by atoms with Crippen LogP contribution in [-0.4, -0.2) is 37.1 Å². The standard InChI is InChI=1S/C14H22N2O2/c1-2-18-11-8-14(17)16(10-9-15)12-13-6-4-3-5-7-13/h3-7H,2,8-12,15H2,1H3. The first-order valence-electron chi connectivity index (χ1n) is 6.37. The van der Waals surface area contributed by atoms with Crippen LogP contribution in [0.5, 0.6) is 0 Å². The van der Waals surface area contributed by atoms with Crippen molar-refractivity contribution in [3.63, 3.8) is 0 Å². The van der Waals surface area contributed by atoms with Crippen LogP contribution >= 0.6 is 0 Å². The Morgan fingerprint density at radius 2 is 2.06 bits per heavy atom. The Bertz CT molecular complexity index is 341. The minimum Gasteiger partial charge on any atom is -0.381 e. The molecule has 0 spiro atoms. The molecular formula is C14H22N2O2. The maximum absolute atomic E-state index is 12.0. The highest BCUT2D eigenvalue weighted by molar-refractivity contribution is 5.76. The van der Waals surface area contributed by atoms with Crippen molar-refractivity contribution in [1.82, 2.24) is 4.90 Å². The third-order valence-electron chi connectivity index (χ3n) is 2.63. The first kappa shape index (κ1) is 14.7. The van der Waals surface area contributed by atoms with Gasteiger partial charge in [-0.05, 0) is 12.5 Å². The van der Waals surface area contributed by atoms with Gasteiger partial charge >= 0.3 is 0 Å². The molecule has 0 aromatic heterocycles. The molecule has 1 rings (SSSR count). The van der Waals surface area contributed by atoms with E-state index < -0.39 is 0 Å². The predicted octanol–water partition coefficient (Wildman–Crippen LogP) is 1.40. The summed E-state index contributed by atoms with van der Waals surface area (Å²) in [7, 11) is 0. The van der Waals surface area contributed by atoms with Crippen molar-refractivity contribution in [3.05, 3.63) is 35.9 Å². The van der Waals surface area contributed by atoms with E-state index in [2.05, 4.69) is 0 Å². The molecular weight excluding hydrogens is 228 g/mol. The number of carbonyl (C=O) groups excluding carboxylic acids is 1. The molecule has 0 aliphatic heterocycles. The SMILES string of the molecule is CCOCCC(=O)N(CCN)Cc1ccccc1. The number of hydrogen-bond acceptors (Lipinski definition) is 3. The van der Waals surface area contributed by atoms with Crippen molar-refractivity contribution in [1.29, 1.82) is 0 Å². The van der Waals surface area contributed by atoms with Gasteiger partial charge in [0.2, 0.25) is 5.91 Å². The van der Waals surface area contributed by atoms with Gasteiger partial charge in [0, 0.05) is 26.2 Å². The average Bonchev–Trinajstić information content (AvgIpc) is 2.39. The first-order chi connectivity index (χ1) is 8.77. The topological polar surface area (TPSA) is 55.6 Å². The molecule has 0 fully saturated rings. The molecule has 0 heterocycles. The zero-order valence-electron chi connectivity index (χ0n) is 11.0. The normalized spacial score (nSPS) is 10.3. The number of amides is 1. The van der Waals surface area contributed by atoms with Crippen molar-refractivity contribution in [2.45, 2.75) is 19.9 Å². The lowest BCUT2D eigenvalue weighted by Crippen LogP contribution is -2.35. The van der Waals surface area contributed by atoms with Crippen LogP contribution in [0.2, 0.25) is 0 Å². The van der Waals surface area contributed by atoms with Gasteiger partial charge in [0.15, 0.2) is 0 Å². The molecule has 1 aromatic carbocycles. The van der Waals surface area contributed by atoms with E-state index >= 15 is 0 Å². The van der Waals surface area contributed by atoms with Crippen LogP contribution in [0.1, 0.15) is 18.9 Å². The lowest BCUT2D eigenvalue weighted by molar-refractivity contribution is -0.132. The zero-order chi connectivity index (χ0) is 13.2. The first-order valence-corrected chi connectivity index (χ1v) is 6.37. The Morgan fingerprint density at radius 1 is 1.33 bits per heavy atom. The number of carbonyl (C=O) groups is 1. The summed E-state index contributed by atoms with van der Waals surface area (Å²) in [6.45, 7) is 4.72. The Balaban J connectivity index is 2.50. The summed E-state index contributed by atoms with van der Waals surface area (Å²) in [6.07, 6.45) is 0.417. The summed E-state index contributed by atoms with van der Waals surface area (Å²) in [4.78, 5) is 13.8. The Hall–Kier alpha value is -1.39. The average molecular weight is 250 g/mol. The molecule has 0 radical (unpaired) electrons. The van der Waals surface area contributed by atoms with Gasteiger partial charge < -0.3 is 15.4 Å². The molecule has 0 atom stereocenters. The summed E-state index contributed by atoms with van der Waals surface area (Å²) in [6, 6.07) is 9.94. The quantitative estimate of drug-likeness (QED) is 0.710. The Kier molecular flexibility index (Phi) is 7.06. The summed E-state index contributed by atoms with van der Waals surface area (Å²) in [5.74, 6) is 0.0951. The maximum Gasteiger partial charge on any atom is 0.225 e. The van der Waals surface area contributed by atoms with Gasteiger partial charge in [-0.25, -0.2) is 0 Å². The zero-order valence-corrected chi connectivity index (χ0v) is 11.0. The highest BCUT2D eigenvalue weighted by Crippen LogP contribution is 2.05. The van der Waals surface area contributed by atoms with Crippen molar-refractivity contribution >= 4 is 5.91 Å². The predicted molar refractivity (Wildman–Crippen MR) is 72.0 cm³/mol. The van der Waals surface area contributed by atoms with E-state index in [1.165, 1.54) is 0 Å². The monoisotopic (exact) mass is 250 g/mol. The van der Waals surface area contributed by atoms with E-state index in [-0.39, 0.29) is 5.91 Å². The van der Waals surface area contributed by atoms with Gasteiger partial charge in [-0.15, -0.1) is 0 Å². The number of nitrogens with zero attached hydrogens (tertiary/aromatic N) is 1. The largest absolute Gasteiger partial charge is 0.381 e. The highest BCUT2D eigenvalue weighted by Gasteiger charge is 2.12. The van der Waals surface area contributed by atoms with Crippen molar-refractivity contribution in [2.24, 2.45) is 5.73 Å². The molecule has 0 bridgehead atoms. The van der Waals surface area contributed by atoms with Crippen molar-refractivity contribution in [2.75, 3.05) is 26.3 Å². The summed E-state index contributed by atoms with van der Waals surface area (Å²) in [5.41, 5.74) is 6.67. The van der Waals surface area contributed by atoms with E-state index in [1.54, 1.807) is 4.90 Å². The molecule has 18 heavy (non-hydrogen) atoms. The molecule has 4 heteroatoms. The van der Waals surface area contributed by atoms with Gasteiger partial charge in [0.1, 0.15) is 0 Å². The number of benzene rings is 1. The number of nitrogens with two attached hydrogens (primary N) is 1. The van der Waals surface area contributed by atoms with Crippen molar-refractivity contribution in [3.8, 4) is 0 Å². The molecule has 1 aromatic rings. The third kappa shape index (κ3) is 5.29. The number of ether oxygens (including phenoxy) is 1. The molecule has 1 amide bonds. The minimum absolute atomic E-state index is 0.0951. The smallest absolute Gasteiger partial charge is 0.225 e. The van der Waals surface area contributed by atoms with Gasteiger partial charge in [0.05, 0.1) is 13.0 Å². The minimum atomic E-state index is 0.0951. The summed E-state index contributed by atoms with van der Waals surface area (Å²) in [5, 5.41) is 0. The lowest BCUT2D eigenvalue weighted by atomic mass is 10.2. The maximum atomic E-state index is 12.0. The van der Waals surface area contributed by atoms with Gasteiger partial charge in [0.25, 0.3) is 0 Å². The van der Waals surface area contributed by atoms with E-state index in [1.807, 2.05) is 37.3 Å². The molecule has 0 saturated carbocycles. The molecule has 0 aliphatic rings. The van der Waals surface area contributed by atoms with E-state index in [0.717, 1.165) is 5.56 Å². The fraction of sp³-hybridized carbons (Fsp3) is 0.500. The van der Waals surface area contributed by atoms with Crippen LogP contribution in [0.15, 0.2) is 30.3 Å². The van der Waals surface area contributed by atoms with Crippen molar-refractivity contribution < 1.29 is 9.53 Å². The molecule has 0 saturated heterocycles. The van der Waals surface area contributed by atoms with Gasteiger partial charge in [-0.3, -0.25) is 4.79 Å². The van der Waals surface area contributed by atoms with Crippen LogP contribution in [0.4, 0.5) is 0 Å². The van der Waals surface area contributed by atoms with E-state index in [0.29, 0.717) is 39.3 Å². The second kappa shape index (κ2) is 8.66. The summed E-state index contributed by atoms with van der Waals surface area (Å²) >= 11 is 0. The third-order valence-corrected chi connectivity index (χ3v) is 2.63.